The number of nitrogens with zero attached hydrogens (tertiary/aromatic N) is 2. The number of amides is 1. The Balaban J connectivity index is 1.38. The lowest BCUT2D eigenvalue weighted by Gasteiger charge is -2.39. The predicted molar refractivity (Wildman–Crippen MR) is 156 cm³/mol. The Morgan fingerprint density at radius 2 is 1.39 bits per heavy atom. The Morgan fingerprint density at radius 1 is 0.763 bits per heavy atom. The van der Waals surface area contributed by atoms with Crippen LogP contribution in [-0.2, 0) is 29.6 Å². The summed E-state index contributed by atoms with van der Waals surface area (Å²) in [4.78, 5) is 18.5. The number of benzene rings is 4. The summed E-state index contributed by atoms with van der Waals surface area (Å²) < 4.78 is 0. The average molecular weight is 542 g/mol. The number of fused-ring (bicyclic) bond motifs is 3. The van der Waals surface area contributed by atoms with Crippen LogP contribution in [-0.4, -0.2) is 23.5 Å². The summed E-state index contributed by atoms with van der Waals surface area (Å²) >= 11 is 12.4. The van der Waals surface area contributed by atoms with Crippen LogP contribution in [0.5, 0.6) is 0 Å². The molecule has 0 radical (unpaired) electrons. The average Bonchev–Trinajstić information content (AvgIpc) is 3.44. The molecule has 2 aliphatic rings. The summed E-state index contributed by atoms with van der Waals surface area (Å²) in [5, 5.41) is 1.47. The number of hydrogen-bond acceptors (Lipinski definition) is 2. The van der Waals surface area contributed by atoms with Crippen LogP contribution in [0.4, 0.5) is 5.69 Å². The topological polar surface area (TPSA) is 23.6 Å². The number of aryl methyl sites for hydroxylation is 1. The molecule has 2 unspecified atom stereocenters. The van der Waals surface area contributed by atoms with Gasteiger partial charge in [0, 0.05) is 40.7 Å². The number of halogens is 2. The molecule has 1 fully saturated rings. The molecule has 6 rings (SSSR count). The zero-order chi connectivity index (χ0) is 26.1. The van der Waals surface area contributed by atoms with E-state index < -0.39 is 0 Å². The first-order valence-corrected chi connectivity index (χ1v) is 14.0. The summed E-state index contributed by atoms with van der Waals surface area (Å²) in [7, 11) is 0. The molecular formula is C33H30Cl2N2O. The minimum Gasteiger partial charge on any atom is -0.346 e. The Labute approximate surface area is 234 Å². The number of carbonyl (C=O) groups is 1. The van der Waals surface area contributed by atoms with Gasteiger partial charge < -0.3 is 9.80 Å². The molecular weight excluding hydrogens is 511 g/mol. The Kier molecular flexibility index (Phi) is 6.90. The summed E-state index contributed by atoms with van der Waals surface area (Å²) in [6.45, 7) is 1.46. The summed E-state index contributed by atoms with van der Waals surface area (Å²) in [5.74, 6) is 0.214. The molecule has 0 spiro atoms. The van der Waals surface area contributed by atoms with Crippen molar-refractivity contribution in [1.29, 1.82) is 0 Å². The number of likely N-dealkylation sites (tertiary alicyclic amines) is 1. The van der Waals surface area contributed by atoms with Crippen LogP contribution in [0, 0.1) is 0 Å². The molecule has 0 bridgehead atoms. The molecule has 5 heteroatoms. The van der Waals surface area contributed by atoms with Gasteiger partial charge in [0.2, 0.25) is 5.91 Å². The second-order valence-corrected chi connectivity index (χ2v) is 11.3. The van der Waals surface area contributed by atoms with E-state index in [2.05, 4.69) is 70.5 Å². The van der Waals surface area contributed by atoms with Crippen LogP contribution in [0.1, 0.15) is 35.1 Å². The van der Waals surface area contributed by atoms with Crippen molar-refractivity contribution in [2.75, 3.05) is 11.4 Å². The first-order valence-electron chi connectivity index (χ1n) is 13.2. The fourth-order valence-corrected chi connectivity index (χ4v) is 6.64. The largest absolute Gasteiger partial charge is 0.346 e. The molecule has 2 atom stereocenters. The molecule has 4 aromatic rings. The maximum atomic E-state index is 13.9. The standard InChI is InChI=1S/C33H30Cl2N2O/c34-27-15-10-25(11-16-27)22-33-20-21-36(31(38)19-14-24-6-2-1-3-7-24)32(33)37(30-9-5-4-8-29(30)33)23-26-12-17-28(35)18-13-26/h1-13,15-18,32H,14,19-23H2. The molecule has 0 aromatic heterocycles. The zero-order valence-electron chi connectivity index (χ0n) is 21.2. The minimum atomic E-state index is -0.195. The third-order valence-corrected chi connectivity index (χ3v) is 8.63. The van der Waals surface area contributed by atoms with Gasteiger partial charge in [-0.05, 0) is 71.8 Å². The fourth-order valence-electron chi connectivity index (χ4n) is 6.39. The zero-order valence-corrected chi connectivity index (χ0v) is 22.7. The van der Waals surface area contributed by atoms with Gasteiger partial charge in [-0.3, -0.25) is 4.79 Å². The van der Waals surface area contributed by atoms with E-state index in [1.54, 1.807) is 0 Å². The SMILES string of the molecule is O=C(CCc1ccccc1)N1CCC2(Cc3ccc(Cl)cc3)c3ccccc3N(Cc3ccc(Cl)cc3)C12. The van der Waals surface area contributed by atoms with Crippen LogP contribution in [0.15, 0.2) is 103 Å². The first kappa shape index (κ1) is 25.0. The Hall–Kier alpha value is -3.27. The highest BCUT2D eigenvalue weighted by Crippen LogP contribution is 2.54. The third-order valence-electron chi connectivity index (χ3n) is 8.12. The lowest BCUT2D eigenvalue weighted by Crippen LogP contribution is -2.52. The van der Waals surface area contributed by atoms with E-state index in [1.807, 2.05) is 42.5 Å². The van der Waals surface area contributed by atoms with Crippen LogP contribution in [0.25, 0.3) is 0 Å². The van der Waals surface area contributed by atoms with E-state index in [1.165, 1.54) is 27.9 Å². The van der Waals surface area contributed by atoms with Crippen molar-refractivity contribution in [3.05, 3.63) is 135 Å². The van der Waals surface area contributed by atoms with Gasteiger partial charge in [-0.1, -0.05) is 96.0 Å². The van der Waals surface area contributed by atoms with Crippen LogP contribution < -0.4 is 4.90 Å². The highest BCUT2D eigenvalue weighted by molar-refractivity contribution is 6.30. The minimum absolute atomic E-state index is 0.0606. The number of carbonyl (C=O) groups excluding carboxylic acids is 1. The summed E-state index contributed by atoms with van der Waals surface area (Å²) in [6, 6.07) is 35.2. The molecule has 2 aliphatic heterocycles. The monoisotopic (exact) mass is 540 g/mol. The van der Waals surface area contributed by atoms with E-state index in [-0.39, 0.29) is 17.5 Å². The molecule has 0 saturated carbocycles. The molecule has 2 heterocycles. The molecule has 3 nitrogen and oxygen atoms in total. The Morgan fingerprint density at radius 3 is 2.11 bits per heavy atom. The number of para-hydroxylation sites is 1. The van der Waals surface area contributed by atoms with Crippen LogP contribution >= 0.6 is 23.2 Å². The number of hydrogen-bond donors (Lipinski definition) is 0. The summed E-state index contributed by atoms with van der Waals surface area (Å²) in [6.07, 6.45) is 2.96. The number of anilines is 1. The second-order valence-electron chi connectivity index (χ2n) is 10.4. The molecule has 38 heavy (non-hydrogen) atoms. The molecule has 192 valence electrons. The van der Waals surface area contributed by atoms with Crippen LogP contribution in [0.3, 0.4) is 0 Å². The highest BCUT2D eigenvalue weighted by atomic mass is 35.5. The van der Waals surface area contributed by atoms with Gasteiger partial charge in [-0.25, -0.2) is 0 Å². The van der Waals surface area contributed by atoms with Crippen molar-refractivity contribution in [3.63, 3.8) is 0 Å². The molecule has 1 saturated heterocycles. The van der Waals surface area contributed by atoms with Gasteiger partial charge in [0.15, 0.2) is 0 Å². The molecule has 0 N–H and O–H groups in total. The first-order chi connectivity index (χ1) is 18.5. The van der Waals surface area contributed by atoms with Gasteiger partial charge in [0.1, 0.15) is 6.17 Å². The maximum Gasteiger partial charge on any atom is 0.224 e. The smallest absolute Gasteiger partial charge is 0.224 e. The fraction of sp³-hybridized carbons (Fsp3) is 0.242. The lowest BCUT2D eigenvalue weighted by atomic mass is 9.74. The van der Waals surface area contributed by atoms with Crippen molar-refractivity contribution < 1.29 is 4.79 Å². The quantitative estimate of drug-likeness (QED) is 0.240. The van der Waals surface area contributed by atoms with E-state index in [4.69, 9.17) is 23.2 Å². The molecule has 1 amide bonds. The summed E-state index contributed by atoms with van der Waals surface area (Å²) in [5.41, 5.74) is 5.95. The van der Waals surface area contributed by atoms with Crippen LogP contribution in [0.2, 0.25) is 10.0 Å². The highest BCUT2D eigenvalue weighted by Gasteiger charge is 2.57. The van der Waals surface area contributed by atoms with Gasteiger partial charge in [0.05, 0.1) is 0 Å². The Bertz CT molecular complexity index is 1420. The normalized spacial score (nSPS) is 19.9. The predicted octanol–water partition coefficient (Wildman–Crippen LogP) is 7.69. The van der Waals surface area contributed by atoms with E-state index >= 15 is 0 Å². The van der Waals surface area contributed by atoms with E-state index in [9.17, 15) is 4.79 Å². The number of rotatable bonds is 7. The third kappa shape index (κ3) is 4.70. The van der Waals surface area contributed by atoms with Gasteiger partial charge in [-0.2, -0.15) is 0 Å². The van der Waals surface area contributed by atoms with Crippen molar-refractivity contribution >= 4 is 34.8 Å². The van der Waals surface area contributed by atoms with Crippen molar-refractivity contribution in [3.8, 4) is 0 Å². The van der Waals surface area contributed by atoms with Gasteiger partial charge in [-0.15, -0.1) is 0 Å². The lowest BCUT2D eigenvalue weighted by molar-refractivity contribution is -0.132. The molecule has 4 aromatic carbocycles. The molecule has 0 aliphatic carbocycles. The van der Waals surface area contributed by atoms with E-state index in [0.717, 1.165) is 35.9 Å². The van der Waals surface area contributed by atoms with Gasteiger partial charge in [0.25, 0.3) is 0 Å². The van der Waals surface area contributed by atoms with Crippen molar-refractivity contribution in [1.82, 2.24) is 4.90 Å². The van der Waals surface area contributed by atoms with Crippen molar-refractivity contribution in [2.45, 2.75) is 43.8 Å². The second kappa shape index (κ2) is 10.5. The maximum absolute atomic E-state index is 13.9. The van der Waals surface area contributed by atoms with E-state index in [0.29, 0.717) is 13.0 Å². The van der Waals surface area contributed by atoms with Gasteiger partial charge >= 0.3 is 0 Å². The van der Waals surface area contributed by atoms with Crippen molar-refractivity contribution in [2.24, 2.45) is 0 Å².